The summed E-state index contributed by atoms with van der Waals surface area (Å²) in [4.78, 5) is 74.7. The molecule has 2 rings (SSSR count). The number of carbonyl (C=O) groups is 6. The van der Waals surface area contributed by atoms with Crippen molar-refractivity contribution in [1.29, 1.82) is 0 Å². The van der Waals surface area contributed by atoms with Gasteiger partial charge < -0.3 is 31.9 Å². The number of rotatable bonds is 14. The quantitative estimate of drug-likeness (QED) is 0.185. The molecule has 12 heteroatoms. The molecule has 220 valence electrons. The Kier molecular flexibility index (Phi) is 12.7. The topological polar surface area (TPSA) is 205 Å². The molecule has 0 bridgehead atoms. The molecule has 0 aromatic carbocycles. The van der Waals surface area contributed by atoms with Crippen LogP contribution in [0.3, 0.4) is 0 Å². The summed E-state index contributed by atoms with van der Waals surface area (Å²) in [5.74, 6) is -6.73. The summed E-state index contributed by atoms with van der Waals surface area (Å²) in [5.41, 5.74) is 5.40. The number of hydrogen-bond donors (Lipinski definition) is 6. The minimum absolute atomic E-state index is 0.0137. The number of hydrogen-bond acceptors (Lipinski definition) is 6. The highest BCUT2D eigenvalue weighted by molar-refractivity contribution is 5.96. The lowest BCUT2D eigenvalue weighted by atomic mass is 9.78. The first-order valence-corrected chi connectivity index (χ1v) is 14.0. The van der Waals surface area contributed by atoms with Crippen molar-refractivity contribution in [3.63, 3.8) is 0 Å². The molecule has 5 atom stereocenters. The lowest BCUT2D eigenvalue weighted by molar-refractivity contribution is -0.149. The molecule has 4 amide bonds. The summed E-state index contributed by atoms with van der Waals surface area (Å²) in [6, 6.07) is -3.61. The van der Waals surface area contributed by atoms with Gasteiger partial charge in [0.25, 0.3) is 0 Å². The van der Waals surface area contributed by atoms with E-state index in [4.69, 9.17) is 5.73 Å². The zero-order valence-electron chi connectivity index (χ0n) is 22.9. The average Bonchev–Trinajstić information content (AvgIpc) is 2.87. The number of carboxylic acids is 2. The first kappa shape index (κ1) is 32.0. The fourth-order valence-electron chi connectivity index (χ4n) is 5.65. The van der Waals surface area contributed by atoms with Gasteiger partial charge in [-0.25, -0.2) is 0 Å². The maximum atomic E-state index is 13.4. The fourth-order valence-corrected chi connectivity index (χ4v) is 5.65. The minimum atomic E-state index is -1.50. The number of primary amides is 1. The third kappa shape index (κ3) is 10.5. The highest BCUT2D eigenvalue weighted by Crippen LogP contribution is 2.31. The van der Waals surface area contributed by atoms with Gasteiger partial charge in [0, 0.05) is 0 Å². The van der Waals surface area contributed by atoms with E-state index < -0.39 is 71.9 Å². The largest absolute Gasteiger partial charge is 0.481 e. The summed E-state index contributed by atoms with van der Waals surface area (Å²) in [7, 11) is 0. The number of carbonyl (C=O) groups excluding carboxylic acids is 4. The van der Waals surface area contributed by atoms with Crippen LogP contribution < -0.4 is 21.7 Å². The Balaban J connectivity index is 2.21. The van der Waals surface area contributed by atoms with E-state index in [1.807, 2.05) is 13.8 Å². The van der Waals surface area contributed by atoms with Gasteiger partial charge in [-0.2, -0.15) is 0 Å². The second-order valence-electron chi connectivity index (χ2n) is 11.4. The third-order valence-electron chi connectivity index (χ3n) is 7.73. The van der Waals surface area contributed by atoms with E-state index in [1.54, 1.807) is 0 Å². The molecule has 0 aromatic rings. The van der Waals surface area contributed by atoms with Gasteiger partial charge in [0.1, 0.15) is 18.1 Å². The lowest BCUT2D eigenvalue weighted by Gasteiger charge is -2.31. The van der Waals surface area contributed by atoms with E-state index in [0.717, 1.165) is 32.1 Å². The summed E-state index contributed by atoms with van der Waals surface area (Å²) >= 11 is 0. The summed E-state index contributed by atoms with van der Waals surface area (Å²) in [5, 5.41) is 26.6. The van der Waals surface area contributed by atoms with Crippen LogP contribution in [-0.4, -0.2) is 63.9 Å². The number of nitrogens with two attached hydrogens (primary N) is 1. The van der Waals surface area contributed by atoms with Crippen LogP contribution in [-0.2, 0) is 28.8 Å². The van der Waals surface area contributed by atoms with E-state index in [0.29, 0.717) is 32.1 Å². The van der Waals surface area contributed by atoms with Gasteiger partial charge in [0.2, 0.25) is 23.6 Å². The number of nitrogens with one attached hydrogen (secondary N) is 3. The van der Waals surface area contributed by atoms with Crippen molar-refractivity contribution in [3.8, 4) is 0 Å². The Morgan fingerprint density at radius 2 is 1.28 bits per heavy atom. The highest BCUT2D eigenvalue weighted by atomic mass is 16.4. The van der Waals surface area contributed by atoms with Crippen LogP contribution in [0.4, 0.5) is 0 Å². The van der Waals surface area contributed by atoms with Gasteiger partial charge in [-0.05, 0) is 37.5 Å². The molecule has 2 saturated carbocycles. The Hall–Kier alpha value is -3.18. The Bertz CT molecular complexity index is 902. The maximum absolute atomic E-state index is 13.4. The predicted molar refractivity (Wildman–Crippen MR) is 141 cm³/mol. The standard InChI is InChI=1S/C27H44N4O8/c1-15(2)12-19(23(28)34)29-26(37)21(14-22(32)33)31-25(36)20(13-16-8-4-3-5-9-16)30-24(35)17-10-6-7-11-18(17)27(38)39/h15-21H,3-14H2,1-2H3,(H2,28,34)(H,29,37)(H,30,35)(H,31,36)(H,32,33)(H,38,39)/t17-,18-,19+,20+,21?/m1/s1. The SMILES string of the molecule is CC(C)C[C@H](NC(=O)C(CC(=O)O)NC(=O)[C@H](CC1CCCCC1)NC(=O)[C@@H]1CCCC[C@H]1C(=O)O)C(N)=O. The molecule has 0 saturated heterocycles. The van der Waals surface area contributed by atoms with Gasteiger partial charge in [0.15, 0.2) is 0 Å². The van der Waals surface area contributed by atoms with Crippen molar-refractivity contribution in [3.05, 3.63) is 0 Å². The van der Waals surface area contributed by atoms with Gasteiger partial charge in [-0.1, -0.05) is 58.8 Å². The number of carboxylic acid groups (broad SMARTS) is 2. The maximum Gasteiger partial charge on any atom is 0.307 e. The molecule has 7 N–H and O–H groups in total. The number of aliphatic carboxylic acids is 2. The van der Waals surface area contributed by atoms with Gasteiger partial charge >= 0.3 is 11.9 Å². The Labute approximate surface area is 229 Å². The summed E-state index contributed by atoms with van der Waals surface area (Å²) < 4.78 is 0. The van der Waals surface area contributed by atoms with E-state index in [9.17, 15) is 39.0 Å². The molecule has 2 aliphatic carbocycles. The van der Waals surface area contributed by atoms with Crippen LogP contribution in [0.15, 0.2) is 0 Å². The van der Waals surface area contributed by atoms with Crippen LogP contribution >= 0.6 is 0 Å². The molecule has 39 heavy (non-hydrogen) atoms. The molecule has 2 aliphatic rings. The third-order valence-corrected chi connectivity index (χ3v) is 7.73. The fraction of sp³-hybridized carbons (Fsp3) is 0.778. The zero-order chi connectivity index (χ0) is 29.1. The second kappa shape index (κ2) is 15.4. The molecule has 0 spiro atoms. The average molecular weight is 553 g/mol. The van der Waals surface area contributed by atoms with Crippen molar-refractivity contribution in [2.75, 3.05) is 0 Å². The Morgan fingerprint density at radius 3 is 1.82 bits per heavy atom. The molecule has 2 fully saturated rings. The summed E-state index contributed by atoms with van der Waals surface area (Å²) in [6.07, 6.45) is 6.79. The molecule has 0 aliphatic heterocycles. The zero-order valence-corrected chi connectivity index (χ0v) is 22.9. The van der Waals surface area contributed by atoms with Crippen LogP contribution in [0, 0.1) is 23.7 Å². The van der Waals surface area contributed by atoms with E-state index in [-0.39, 0.29) is 18.3 Å². The van der Waals surface area contributed by atoms with Crippen molar-refractivity contribution in [2.24, 2.45) is 29.4 Å². The van der Waals surface area contributed by atoms with Crippen molar-refractivity contribution < 1.29 is 39.0 Å². The molecule has 0 heterocycles. The van der Waals surface area contributed by atoms with Crippen LogP contribution in [0.25, 0.3) is 0 Å². The van der Waals surface area contributed by atoms with Crippen LogP contribution in [0.5, 0.6) is 0 Å². The number of amides is 4. The Morgan fingerprint density at radius 1 is 0.744 bits per heavy atom. The molecule has 12 nitrogen and oxygen atoms in total. The van der Waals surface area contributed by atoms with Gasteiger partial charge in [0.05, 0.1) is 18.3 Å². The van der Waals surface area contributed by atoms with E-state index >= 15 is 0 Å². The predicted octanol–water partition coefficient (Wildman–Crippen LogP) is 1.31. The van der Waals surface area contributed by atoms with Crippen molar-refractivity contribution in [2.45, 2.75) is 109 Å². The molecule has 0 radical (unpaired) electrons. The second-order valence-corrected chi connectivity index (χ2v) is 11.4. The monoisotopic (exact) mass is 552 g/mol. The normalized spacial score (nSPS) is 22.2. The van der Waals surface area contributed by atoms with Crippen LogP contribution in [0.1, 0.15) is 90.9 Å². The van der Waals surface area contributed by atoms with Crippen LogP contribution in [0.2, 0.25) is 0 Å². The first-order chi connectivity index (χ1) is 18.4. The summed E-state index contributed by atoms with van der Waals surface area (Å²) in [6.45, 7) is 3.66. The highest BCUT2D eigenvalue weighted by Gasteiger charge is 2.38. The van der Waals surface area contributed by atoms with E-state index in [2.05, 4.69) is 16.0 Å². The molecule has 0 aromatic heterocycles. The molecule has 1 unspecified atom stereocenters. The van der Waals surface area contributed by atoms with E-state index in [1.165, 1.54) is 0 Å². The van der Waals surface area contributed by atoms with Crippen molar-refractivity contribution >= 4 is 35.6 Å². The van der Waals surface area contributed by atoms with Crippen molar-refractivity contribution in [1.82, 2.24) is 16.0 Å². The first-order valence-electron chi connectivity index (χ1n) is 14.0. The molecular formula is C27H44N4O8. The lowest BCUT2D eigenvalue weighted by Crippen LogP contribution is -2.58. The minimum Gasteiger partial charge on any atom is -0.481 e. The van der Waals surface area contributed by atoms with Gasteiger partial charge in [-0.15, -0.1) is 0 Å². The smallest absolute Gasteiger partial charge is 0.307 e. The van der Waals surface area contributed by atoms with Gasteiger partial charge in [-0.3, -0.25) is 28.8 Å². The molecular weight excluding hydrogens is 508 g/mol.